The number of rotatable bonds is 4. The van der Waals surface area contributed by atoms with E-state index in [0.717, 1.165) is 33.3 Å². The Bertz CT molecular complexity index is 2990. The summed E-state index contributed by atoms with van der Waals surface area (Å²) in [6.45, 7) is 4.62. The van der Waals surface area contributed by atoms with Crippen LogP contribution in [0, 0.1) is 0 Å². The van der Waals surface area contributed by atoms with Gasteiger partial charge in [0.2, 0.25) is 0 Å². The van der Waals surface area contributed by atoms with Crippen LogP contribution in [0.1, 0.15) is 62.1 Å². The molecule has 3 heterocycles. The lowest BCUT2D eigenvalue weighted by Crippen LogP contribution is -2.21. The van der Waals surface area contributed by atoms with E-state index in [0.29, 0.717) is 5.92 Å². The maximum atomic E-state index is 6.83. The van der Waals surface area contributed by atoms with Crippen LogP contribution in [0.15, 0.2) is 144 Å². The van der Waals surface area contributed by atoms with Crippen molar-refractivity contribution in [2.45, 2.75) is 50.9 Å². The lowest BCUT2D eigenvalue weighted by molar-refractivity contribution is 0.550. The molecule has 7 aromatic carbocycles. The van der Waals surface area contributed by atoms with Gasteiger partial charge in [-0.05, 0) is 95.1 Å². The number of para-hydroxylation sites is 4. The lowest BCUT2D eigenvalue weighted by Gasteiger charge is -2.31. The standard InChI is InChI=1S/C50H38N2O/c1-30(2)31-24-25-41-37(28-31)46-43(51(32-14-4-3-5-15-32)42-22-13-19-36-34-17-7-9-23-44(34)53-49(36)42)29-39-47-45-35(18-12-20-38(45)50(39)26-10-11-27-50)33-16-6-8-21-40(33)52(41)48(46)47/h3-9,12-25,28-30H,10-11,26-27H2,1-2H3. The summed E-state index contributed by atoms with van der Waals surface area (Å²) in [5.74, 6) is 0.402. The van der Waals surface area contributed by atoms with Crippen LogP contribution in [0.4, 0.5) is 17.1 Å². The van der Waals surface area contributed by atoms with Gasteiger partial charge in [0.1, 0.15) is 5.58 Å². The van der Waals surface area contributed by atoms with Gasteiger partial charge in [-0.1, -0.05) is 118 Å². The first-order valence-corrected chi connectivity index (χ1v) is 19.3. The predicted octanol–water partition coefficient (Wildman–Crippen LogP) is 14.1. The zero-order valence-electron chi connectivity index (χ0n) is 30.0. The van der Waals surface area contributed by atoms with Crippen LogP contribution in [-0.4, -0.2) is 4.57 Å². The minimum absolute atomic E-state index is 0.0198. The van der Waals surface area contributed by atoms with Gasteiger partial charge < -0.3 is 13.9 Å². The van der Waals surface area contributed by atoms with Gasteiger partial charge in [0, 0.05) is 43.8 Å². The van der Waals surface area contributed by atoms with Gasteiger partial charge in [0.25, 0.3) is 0 Å². The average molecular weight is 683 g/mol. The molecule has 1 fully saturated rings. The van der Waals surface area contributed by atoms with Crippen molar-refractivity contribution in [3.8, 4) is 27.9 Å². The summed E-state index contributed by atoms with van der Waals surface area (Å²) in [5.41, 5.74) is 18.9. The molecular formula is C50H38N2O. The first-order valence-electron chi connectivity index (χ1n) is 19.3. The third-order valence-corrected chi connectivity index (χ3v) is 12.8. The lowest BCUT2D eigenvalue weighted by atomic mass is 9.76. The molecule has 0 saturated heterocycles. The van der Waals surface area contributed by atoms with Gasteiger partial charge in [0.15, 0.2) is 5.58 Å². The van der Waals surface area contributed by atoms with Crippen LogP contribution in [0.25, 0.3) is 71.7 Å². The van der Waals surface area contributed by atoms with Crippen LogP contribution in [0.5, 0.6) is 0 Å². The fraction of sp³-hybridized carbons (Fsp3) is 0.160. The van der Waals surface area contributed by atoms with Crippen molar-refractivity contribution in [1.82, 2.24) is 4.57 Å². The van der Waals surface area contributed by atoms with Crippen molar-refractivity contribution < 1.29 is 4.42 Å². The van der Waals surface area contributed by atoms with E-state index in [2.05, 4.69) is 163 Å². The second kappa shape index (κ2) is 10.5. The monoisotopic (exact) mass is 682 g/mol. The summed E-state index contributed by atoms with van der Waals surface area (Å²) in [6.07, 6.45) is 4.83. The maximum Gasteiger partial charge on any atom is 0.159 e. The molecule has 0 atom stereocenters. The first-order chi connectivity index (χ1) is 26.1. The molecular weight excluding hydrogens is 645 g/mol. The summed E-state index contributed by atoms with van der Waals surface area (Å²) in [6, 6.07) is 52.1. The first kappa shape index (κ1) is 29.5. The third kappa shape index (κ3) is 3.74. The van der Waals surface area contributed by atoms with Crippen LogP contribution in [0.2, 0.25) is 0 Å². The molecule has 254 valence electrons. The molecule has 12 rings (SSSR count). The number of hydrogen-bond acceptors (Lipinski definition) is 2. The summed E-state index contributed by atoms with van der Waals surface area (Å²) < 4.78 is 9.45. The Kier molecular flexibility index (Phi) is 5.85. The maximum absolute atomic E-state index is 6.83. The molecule has 3 nitrogen and oxygen atoms in total. The zero-order valence-corrected chi connectivity index (χ0v) is 30.0. The minimum Gasteiger partial charge on any atom is -0.454 e. The second-order valence-corrected chi connectivity index (χ2v) is 15.8. The molecule has 0 N–H and O–H groups in total. The average Bonchev–Trinajstić information content (AvgIpc) is 3.96. The SMILES string of the molecule is CC(C)c1ccc2c(c1)c1c(N(c3ccccc3)c3cccc4c3oc3ccccc34)cc3c4c1n2-c1ccccc1-c1cccc(c1-4)C31CCCC1. The summed E-state index contributed by atoms with van der Waals surface area (Å²) in [7, 11) is 0. The molecule has 53 heavy (non-hydrogen) atoms. The summed E-state index contributed by atoms with van der Waals surface area (Å²) in [5, 5.41) is 4.87. The van der Waals surface area contributed by atoms with E-state index in [1.165, 1.54) is 97.8 Å². The van der Waals surface area contributed by atoms with Gasteiger partial charge in [0.05, 0.1) is 28.1 Å². The number of benzene rings is 7. The van der Waals surface area contributed by atoms with Crippen molar-refractivity contribution in [2.24, 2.45) is 0 Å². The molecule has 9 aromatic rings. The molecule has 0 bridgehead atoms. The van der Waals surface area contributed by atoms with Gasteiger partial charge in [-0.25, -0.2) is 0 Å². The fourth-order valence-electron chi connectivity index (χ4n) is 10.5. The molecule has 3 aliphatic rings. The quantitative estimate of drug-likeness (QED) is 0.184. The Hall–Kier alpha value is -6.06. The molecule has 1 aliphatic heterocycles. The number of aromatic nitrogens is 1. The smallest absolute Gasteiger partial charge is 0.159 e. The highest BCUT2D eigenvalue weighted by molar-refractivity contribution is 6.24. The van der Waals surface area contributed by atoms with E-state index in [1.807, 2.05) is 0 Å². The van der Waals surface area contributed by atoms with Crippen molar-refractivity contribution in [2.75, 3.05) is 4.90 Å². The molecule has 1 spiro atoms. The molecule has 0 radical (unpaired) electrons. The fourth-order valence-corrected chi connectivity index (χ4v) is 10.5. The van der Waals surface area contributed by atoms with E-state index >= 15 is 0 Å². The molecule has 1 saturated carbocycles. The number of anilines is 3. The largest absolute Gasteiger partial charge is 0.454 e. The van der Waals surface area contributed by atoms with Crippen LogP contribution in [0.3, 0.4) is 0 Å². The molecule has 2 aliphatic carbocycles. The van der Waals surface area contributed by atoms with E-state index in [1.54, 1.807) is 0 Å². The Morgan fingerprint density at radius 2 is 1.38 bits per heavy atom. The van der Waals surface area contributed by atoms with Crippen LogP contribution >= 0.6 is 0 Å². The number of nitrogens with zero attached hydrogens (tertiary/aromatic N) is 2. The Morgan fingerprint density at radius 3 is 2.25 bits per heavy atom. The van der Waals surface area contributed by atoms with E-state index in [4.69, 9.17) is 4.42 Å². The number of hydrogen-bond donors (Lipinski definition) is 0. The predicted molar refractivity (Wildman–Crippen MR) is 221 cm³/mol. The molecule has 0 unspecified atom stereocenters. The normalized spacial score (nSPS) is 15.0. The van der Waals surface area contributed by atoms with E-state index in [-0.39, 0.29) is 5.41 Å². The van der Waals surface area contributed by atoms with E-state index < -0.39 is 0 Å². The van der Waals surface area contributed by atoms with Crippen LogP contribution < -0.4 is 4.90 Å². The Labute approximate surface area is 308 Å². The Balaban J connectivity index is 1.32. The number of fused-ring (bicyclic) bond motifs is 11. The van der Waals surface area contributed by atoms with Crippen molar-refractivity contribution >= 4 is 60.8 Å². The third-order valence-electron chi connectivity index (χ3n) is 12.8. The van der Waals surface area contributed by atoms with Crippen molar-refractivity contribution in [3.05, 3.63) is 156 Å². The van der Waals surface area contributed by atoms with Gasteiger partial charge in [-0.15, -0.1) is 0 Å². The summed E-state index contributed by atoms with van der Waals surface area (Å²) >= 11 is 0. The number of furan rings is 1. The summed E-state index contributed by atoms with van der Waals surface area (Å²) in [4.78, 5) is 2.51. The van der Waals surface area contributed by atoms with E-state index in [9.17, 15) is 0 Å². The molecule has 2 aromatic heterocycles. The van der Waals surface area contributed by atoms with Crippen LogP contribution in [-0.2, 0) is 5.41 Å². The molecule has 3 heteroatoms. The highest BCUT2D eigenvalue weighted by atomic mass is 16.3. The highest BCUT2D eigenvalue weighted by Crippen LogP contribution is 2.64. The van der Waals surface area contributed by atoms with Gasteiger partial charge in [-0.2, -0.15) is 0 Å². The molecule has 0 amide bonds. The second-order valence-electron chi connectivity index (χ2n) is 15.8. The highest BCUT2D eigenvalue weighted by Gasteiger charge is 2.49. The van der Waals surface area contributed by atoms with Crippen molar-refractivity contribution in [3.63, 3.8) is 0 Å². The van der Waals surface area contributed by atoms with Gasteiger partial charge >= 0.3 is 0 Å². The van der Waals surface area contributed by atoms with Gasteiger partial charge in [-0.3, -0.25) is 0 Å². The van der Waals surface area contributed by atoms with Crippen molar-refractivity contribution in [1.29, 1.82) is 0 Å². The topological polar surface area (TPSA) is 21.3 Å². The zero-order chi connectivity index (χ0) is 35.0. The Morgan fingerprint density at radius 1 is 0.623 bits per heavy atom. The minimum atomic E-state index is -0.0198.